The first-order chi connectivity index (χ1) is 12.0. The number of hydrogen-bond donors (Lipinski definition) is 1. The van der Waals surface area contributed by atoms with Crippen molar-refractivity contribution in [1.82, 2.24) is 0 Å². The Morgan fingerprint density at radius 2 is 1.46 bits per heavy atom. The maximum atomic E-state index is 12.4. The number of Topliss-reactive ketones (excluding diaryl/α,β-unsaturated/α-hetero) is 1. The number of carbonyl (C=O) groups excluding carboxylic acids is 1. The first-order valence-corrected chi connectivity index (χ1v) is 10.4. The Morgan fingerprint density at radius 1 is 0.962 bits per heavy atom. The quantitative estimate of drug-likeness (QED) is 0.751. The molecular weight excluding hydrogens is 348 g/mol. The molecule has 140 valence electrons. The number of hydrogen-bond acceptors (Lipinski definition) is 4. The van der Waals surface area contributed by atoms with Gasteiger partial charge in [0.1, 0.15) is 0 Å². The van der Waals surface area contributed by atoms with Crippen molar-refractivity contribution in [3.8, 4) is 0 Å². The molecule has 0 saturated heterocycles. The molecule has 1 N–H and O–H groups in total. The summed E-state index contributed by atoms with van der Waals surface area (Å²) in [7, 11) is -3.15. The van der Waals surface area contributed by atoms with Crippen molar-refractivity contribution >= 4 is 15.6 Å². The van der Waals surface area contributed by atoms with Gasteiger partial charge in [-0.1, -0.05) is 48.5 Å². The molecule has 2 rings (SSSR count). The van der Waals surface area contributed by atoms with E-state index in [1.165, 1.54) is 0 Å². The van der Waals surface area contributed by atoms with E-state index in [0.29, 0.717) is 11.1 Å². The number of ketones is 1. The molecule has 0 atom stereocenters. The second-order valence-corrected chi connectivity index (χ2v) is 9.97. The molecule has 0 heterocycles. The Bertz CT molecular complexity index is 856. The van der Waals surface area contributed by atoms with Gasteiger partial charge < -0.3 is 5.11 Å². The van der Waals surface area contributed by atoms with Crippen LogP contribution in [0.1, 0.15) is 54.7 Å². The lowest BCUT2D eigenvalue weighted by Gasteiger charge is -2.17. The van der Waals surface area contributed by atoms with Gasteiger partial charge in [-0.3, -0.25) is 4.79 Å². The minimum atomic E-state index is -3.15. The van der Waals surface area contributed by atoms with Crippen molar-refractivity contribution in [2.45, 2.75) is 50.7 Å². The molecule has 0 saturated carbocycles. The third kappa shape index (κ3) is 5.26. The van der Waals surface area contributed by atoms with Gasteiger partial charge in [-0.2, -0.15) is 0 Å². The van der Waals surface area contributed by atoms with E-state index in [9.17, 15) is 18.3 Å². The molecule has 0 aliphatic rings. The highest BCUT2D eigenvalue weighted by molar-refractivity contribution is 7.91. The van der Waals surface area contributed by atoms with Crippen LogP contribution in [0.2, 0.25) is 0 Å². The Morgan fingerprint density at radius 3 is 1.92 bits per heavy atom. The van der Waals surface area contributed by atoms with Gasteiger partial charge in [-0.05, 0) is 44.4 Å². The molecule has 2 aromatic carbocycles. The second-order valence-electron chi connectivity index (χ2n) is 7.41. The Kier molecular flexibility index (Phi) is 6.04. The van der Waals surface area contributed by atoms with Crippen LogP contribution in [0.5, 0.6) is 0 Å². The van der Waals surface area contributed by atoms with Crippen molar-refractivity contribution in [2.24, 2.45) is 0 Å². The largest absolute Gasteiger partial charge is 0.386 e. The lowest BCUT2D eigenvalue weighted by molar-refractivity contribution is 0.0786. The molecule has 0 aromatic heterocycles. The average Bonchev–Trinajstić information content (AvgIpc) is 2.54. The monoisotopic (exact) mass is 374 g/mol. The van der Waals surface area contributed by atoms with Crippen LogP contribution in [0.3, 0.4) is 0 Å². The summed E-state index contributed by atoms with van der Waals surface area (Å²) in [5, 5.41) is 9.55. The smallest absolute Gasteiger partial charge is 0.167 e. The van der Waals surface area contributed by atoms with Crippen LogP contribution in [-0.4, -0.2) is 24.6 Å². The summed E-state index contributed by atoms with van der Waals surface area (Å²) in [6, 6.07) is 14.1. The molecule has 0 aliphatic carbocycles. The maximum absolute atomic E-state index is 12.4. The van der Waals surface area contributed by atoms with E-state index in [1.54, 1.807) is 52.0 Å². The molecule has 0 unspecified atom stereocenters. The van der Waals surface area contributed by atoms with E-state index in [4.69, 9.17) is 0 Å². The molecule has 0 fully saturated rings. The van der Waals surface area contributed by atoms with Gasteiger partial charge in [0, 0.05) is 12.0 Å². The molecule has 5 heteroatoms. The topological polar surface area (TPSA) is 71.4 Å². The number of benzene rings is 2. The van der Waals surface area contributed by atoms with Crippen LogP contribution >= 0.6 is 0 Å². The van der Waals surface area contributed by atoms with Gasteiger partial charge in [0.05, 0.1) is 16.6 Å². The molecule has 2 aromatic rings. The van der Waals surface area contributed by atoms with Gasteiger partial charge >= 0.3 is 0 Å². The number of sulfone groups is 1. The van der Waals surface area contributed by atoms with E-state index in [0.717, 1.165) is 11.1 Å². The summed E-state index contributed by atoms with van der Waals surface area (Å²) >= 11 is 0. The van der Waals surface area contributed by atoms with Gasteiger partial charge in [0.25, 0.3) is 0 Å². The zero-order valence-corrected chi connectivity index (χ0v) is 16.5. The number of aliphatic hydroxyl groups is 1. The van der Waals surface area contributed by atoms with Crippen LogP contribution in [0.4, 0.5) is 0 Å². The number of rotatable bonds is 7. The zero-order valence-electron chi connectivity index (χ0n) is 15.7. The fourth-order valence-corrected chi connectivity index (χ4v) is 3.49. The normalized spacial score (nSPS) is 12.4. The Balaban J connectivity index is 2.06. The summed E-state index contributed by atoms with van der Waals surface area (Å²) in [6.07, 6.45) is 0.260. The standard InChI is InChI=1S/C21H26O4S/c1-15(2)26(24,25)14-17-5-9-18(10-6-17)20(22)13-16-7-11-19(12-8-16)21(3,4)23/h5-12,15,23H,13-14H2,1-4H3. The SMILES string of the molecule is CC(C)S(=O)(=O)Cc1ccc(C(=O)Cc2ccc(C(C)(C)O)cc2)cc1. The third-order valence-electron chi connectivity index (χ3n) is 4.39. The summed E-state index contributed by atoms with van der Waals surface area (Å²) in [6.45, 7) is 6.76. The van der Waals surface area contributed by atoms with E-state index in [2.05, 4.69) is 0 Å². The van der Waals surface area contributed by atoms with Crippen LogP contribution in [0.15, 0.2) is 48.5 Å². The van der Waals surface area contributed by atoms with Gasteiger partial charge in [0.2, 0.25) is 0 Å². The maximum Gasteiger partial charge on any atom is 0.167 e. The van der Waals surface area contributed by atoms with Crippen molar-refractivity contribution in [3.63, 3.8) is 0 Å². The van der Waals surface area contributed by atoms with Gasteiger partial charge in [-0.15, -0.1) is 0 Å². The summed E-state index contributed by atoms with van der Waals surface area (Å²) < 4.78 is 23.9. The second kappa shape index (κ2) is 7.72. The van der Waals surface area contributed by atoms with Crippen molar-refractivity contribution in [3.05, 3.63) is 70.8 Å². The molecular formula is C21H26O4S. The third-order valence-corrected chi connectivity index (χ3v) is 6.56. The molecule has 0 aliphatic heterocycles. The molecule has 0 bridgehead atoms. The first-order valence-electron chi connectivity index (χ1n) is 8.64. The first kappa shape index (κ1) is 20.3. The highest BCUT2D eigenvalue weighted by Crippen LogP contribution is 2.20. The van der Waals surface area contributed by atoms with E-state index in [-0.39, 0.29) is 18.0 Å². The van der Waals surface area contributed by atoms with Gasteiger partial charge in [-0.25, -0.2) is 8.42 Å². The fourth-order valence-electron chi connectivity index (χ4n) is 2.50. The lowest BCUT2D eigenvalue weighted by Crippen LogP contribution is -2.16. The molecule has 0 spiro atoms. The van der Waals surface area contributed by atoms with Crippen LogP contribution in [0.25, 0.3) is 0 Å². The van der Waals surface area contributed by atoms with Crippen LogP contribution < -0.4 is 0 Å². The highest BCUT2D eigenvalue weighted by Gasteiger charge is 2.18. The van der Waals surface area contributed by atoms with Crippen molar-refractivity contribution < 1.29 is 18.3 Å². The van der Waals surface area contributed by atoms with Crippen LogP contribution in [0, 0.1) is 0 Å². The molecule has 0 amide bonds. The summed E-state index contributed by atoms with van der Waals surface area (Å²) in [5.41, 5.74) is 2.00. The van der Waals surface area contributed by atoms with E-state index >= 15 is 0 Å². The Hall–Kier alpha value is -1.98. The predicted octanol–water partition coefficient (Wildman–Crippen LogP) is 3.66. The zero-order chi connectivity index (χ0) is 19.5. The molecule has 4 nitrogen and oxygen atoms in total. The van der Waals surface area contributed by atoms with Crippen molar-refractivity contribution in [2.75, 3.05) is 0 Å². The highest BCUT2D eigenvalue weighted by atomic mass is 32.2. The van der Waals surface area contributed by atoms with Gasteiger partial charge in [0.15, 0.2) is 15.6 Å². The van der Waals surface area contributed by atoms with E-state index in [1.807, 2.05) is 24.3 Å². The molecule has 0 radical (unpaired) electrons. The van der Waals surface area contributed by atoms with E-state index < -0.39 is 20.7 Å². The predicted molar refractivity (Wildman–Crippen MR) is 104 cm³/mol. The fraction of sp³-hybridized carbons (Fsp3) is 0.381. The van der Waals surface area contributed by atoms with Crippen LogP contribution in [-0.2, 0) is 27.6 Å². The summed E-state index contributed by atoms with van der Waals surface area (Å²) in [5.74, 6) is -0.0448. The lowest BCUT2D eigenvalue weighted by atomic mass is 9.95. The average molecular weight is 375 g/mol. The minimum absolute atomic E-state index is 0.0163. The number of carbonyl (C=O) groups is 1. The minimum Gasteiger partial charge on any atom is -0.386 e. The van der Waals surface area contributed by atoms with Crippen molar-refractivity contribution in [1.29, 1.82) is 0 Å². The molecule has 26 heavy (non-hydrogen) atoms. The summed E-state index contributed by atoms with van der Waals surface area (Å²) in [4.78, 5) is 12.4. The Labute approximate surface area is 155 Å².